The third-order valence-electron chi connectivity index (χ3n) is 3.22. The van der Waals surface area contributed by atoms with Crippen LogP contribution < -0.4 is 10.5 Å². The molecule has 0 saturated carbocycles. The van der Waals surface area contributed by atoms with Crippen LogP contribution in [0.2, 0.25) is 0 Å². The lowest BCUT2D eigenvalue weighted by atomic mass is 10.1. The van der Waals surface area contributed by atoms with Crippen LogP contribution >= 0.6 is 0 Å². The van der Waals surface area contributed by atoms with Gasteiger partial charge < -0.3 is 10.5 Å². The molecule has 120 valence electrons. The first-order valence-corrected chi connectivity index (χ1v) is 8.88. The molecule has 5 nitrogen and oxygen atoms in total. The Morgan fingerprint density at radius 2 is 1.95 bits per heavy atom. The minimum atomic E-state index is -3.41. The van der Waals surface area contributed by atoms with Crippen LogP contribution in [-0.4, -0.2) is 27.7 Å². The fraction of sp³-hybridized carbons (Fsp3) is 0.600. The molecule has 1 atom stereocenters. The topological polar surface area (TPSA) is 81.4 Å². The molecule has 0 aromatic heterocycles. The average Bonchev–Trinajstić information content (AvgIpc) is 2.42. The highest BCUT2D eigenvalue weighted by Gasteiger charge is 2.21. The van der Waals surface area contributed by atoms with Crippen LogP contribution in [0.1, 0.15) is 31.9 Å². The highest BCUT2D eigenvalue weighted by molar-refractivity contribution is 7.88. The monoisotopic (exact) mass is 314 g/mol. The zero-order valence-electron chi connectivity index (χ0n) is 13.0. The SMILES string of the molecule is CCOCC(NS(=O)(=O)Cc1cccc(CN)c1)C(C)C. The fourth-order valence-corrected chi connectivity index (χ4v) is 3.45. The van der Waals surface area contributed by atoms with Gasteiger partial charge in [-0.3, -0.25) is 0 Å². The molecule has 0 amide bonds. The van der Waals surface area contributed by atoms with Crippen LogP contribution in [0.15, 0.2) is 24.3 Å². The van der Waals surface area contributed by atoms with Crippen LogP contribution in [0.3, 0.4) is 0 Å². The Labute approximate surface area is 127 Å². The van der Waals surface area contributed by atoms with Gasteiger partial charge in [0, 0.05) is 19.2 Å². The second-order valence-electron chi connectivity index (χ2n) is 5.41. The molecule has 3 N–H and O–H groups in total. The number of rotatable bonds is 9. The van der Waals surface area contributed by atoms with Gasteiger partial charge in [0.1, 0.15) is 0 Å². The summed E-state index contributed by atoms with van der Waals surface area (Å²) in [6.45, 7) is 7.20. The average molecular weight is 314 g/mol. The smallest absolute Gasteiger partial charge is 0.216 e. The zero-order valence-corrected chi connectivity index (χ0v) is 13.8. The molecule has 0 fully saturated rings. The standard InChI is InChI=1S/C15H26N2O3S/c1-4-20-10-15(12(2)3)17-21(18,19)11-14-7-5-6-13(8-14)9-16/h5-8,12,15,17H,4,9-11,16H2,1-3H3. The lowest BCUT2D eigenvalue weighted by Gasteiger charge is -2.22. The van der Waals surface area contributed by atoms with Crippen molar-refractivity contribution >= 4 is 10.0 Å². The lowest BCUT2D eigenvalue weighted by Crippen LogP contribution is -2.42. The summed E-state index contributed by atoms with van der Waals surface area (Å²) in [4.78, 5) is 0. The van der Waals surface area contributed by atoms with E-state index in [0.717, 1.165) is 11.1 Å². The van der Waals surface area contributed by atoms with Gasteiger partial charge in [0.2, 0.25) is 10.0 Å². The maximum atomic E-state index is 12.3. The van der Waals surface area contributed by atoms with Crippen LogP contribution in [0.5, 0.6) is 0 Å². The molecule has 0 radical (unpaired) electrons. The van der Waals surface area contributed by atoms with Gasteiger partial charge in [-0.25, -0.2) is 13.1 Å². The van der Waals surface area contributed by atoms with Gasteiger partial charge in [0.25, 0.3) is 0 Å². The van der Waals surface area contributed by atoms with E-state index in [0.29, 0.717) is 19.8 Å². The number of sulfonamides is 1. The molecule has 6 heteroatoms. The van der Waals surface area contributed by atoms with Gasteiger partial charge in [0.15, 0.2) is 0 Å². The minimum absolute atomic E-state index is 0.0455. The maximum absolute atomic E-state index is 12.3. The molecule has 0 heterocycles. The molecule has 0 saturated heterocycles. The zero-order chi connectivity index (χ0) is 15.9. The van der Waals surface area contributed by atoms with Crippen molar-refractivity contribution in [3.8, 4) is 0 Å². The molecule has 1 unspecified atom stereocenters. The van der Waals surface area contributed by atoms with E-state index >= 15 is 0 Å². The van der Waals surface area contributed by atoms with Gasteiger partial charge in [-0.2, -0.15) is 0 Å². The molecule has 21 heavy (non-hydrogen) atoms. The Morgan fingerprint density at radius 3 is 2.52 bits per heavy atom. The van der Waals surface area contributed by atoms with Crippen molar-refractivity contribution < 1.29 is 13.2 Å². The molecule has 0 aliphatic rings. The highest BCUT2D eigenvalue weighted by Crippen LogP contribution is 2.11. The minimum Gasteiger partial charge on any atom is -0.380 e. The van der Waals surface area contributed by atoms with Gasteiger partial charge in [0.05, 0.1) is 12.4 Å². The second kappa shape index (κ2) is 8.48. The number of ether oxygens (including phenoxy) is 1. The van der Waals surface area contributed by atoms with Crippen molar-refractivity contribution in [3.05, 3.63) is 35.4 Å². The van der Waals surface area contributed by atoms with Crippen LogP contribution in [0.4, 0.5) is 0 Å². The third kappa shape index (κ3) is 6.56. The van der Waals surface area contributed by atoms with E-state index in [9.17, 15) is 8.42 Å². The van der Waals surface area contributed by atoms with E-state index in [1.807, 2.05) is 39.0 Å². The van der Waals surface area contributed by atoms with Crippen molar-refractivity contribution in [2.75, 3.05) is 13.2 Å². The summed E-state index contributed by atoms with van der Waals surface area (Å²) >= 11 is 0. The summed E-state index contributed by atoms with van der Waals surface area (Å²) < 4.78 is 32.6. The Hall–Kier alpha value is -0.950. The van der Waals surface area contributed by atoms with Gasteiger partial charge in [-0.1, -0.05) is 38.1 Å². The van der Waals surface area contributed by atoms with E-state index in [-0.39, 0.29) is 17.7 Å². The summed E-state index contributed by atoms with van der Waals surface area (Å²) in [5, 5.41) is 0. The summed E-state index contributed by atoms with van der Waals surface area (Å²) in [6.07, 6.45) is 0. The number of hydrogen-bond acceptors (Lipinski definition) is 4. The van der Waals surface area contributed by atoms with Crippen molar-refractivity contribution in [2.45, 2.75) is 39.1 Å². The van der Waals surface area contributed by atoms with E-state index in [1.54, 1.807) is 6.07 Å². The first-order valence-electron chi connectivity index (χ1n) is 7.23. The summed E-state index contributed by atoms with van der Waals surface area (Å²) in [7, 11) is -3.41. The third-order valence-corrected chi connectivity index (χ3v) is 4.60. The van der Waals surface area contributed by atoms with Gasteiger partial charge in [-0.05, 0) is 24.0 Å². The molecule has 0 aliphatic carbocycles. The molecule has 1 aromatic rings. The highest BCUT2D eigenvalue weighted by atomic mass is 32.2. The van der Waals surface area contributed by atoms with E-state index in [1.165, 1.54) is 0 Å². The van der Waals surface area contributed by atoms with Crippen molar-refractivity contribution in [3.63, 3.8) is 0 Å². The normalized spacial score (nSPS) is 13.6. The molecule has 0 spiro atoms. The van der Waals surface area contributed by atoms with Crippen LogP contribution in [0, 0.1) is 5.92 Å². The predicted octanol–water partition coefficient (Wildman–Crippen LogP) is 1.63. The summed E-state index contributed by atoms with van der Waals surface area (Å²) in [6, 6.07) is 7.12. The molecule has 0 bridgehead atoms. The first kappa shape index (κ1) is 18.1. The fourth-order valence-electron chi connectivity index (χ4n) is 1.95. The van der Waals surface area contributed by atoms with Gasteiger partial charge >= 0.3 is 0 Å². The Bertz CT molecular complexity index is 529. The van der Waals surface area contributed by atoms with E-state index in [4.69, 9.17) is 10.5 Å². The number of benzene rings is 1. The molecule has 0 aliphatic heterocycles. The van der Waals surface area contributed by atoms with Crippen molar-refractivity contribution in [1.29, 1.82) is 0 Å². The Balaban J connectivity index is 2.75. The van der Waals surface area contributed by atoms with Gasteiger partial charge in [-0.15, -0.1) is 0 Å². The lowest BCUT2D eigenvalue weighted by molar-refractivity contribution is 0.116. The molecule has 1 aromatic carbocycles. The summed E-state index contributed by atoms with van der Waals surface area (Å²) in [5.41, 5.74) is 7.24. The predicted molar refractivity (Wildman–Crippen MR) is 85.2 cm³/mol. The first-order chi connectivity index (χ1) is 9.88. The van der Waals surface area contributed by atoms with Crippen molar-refractivity contribution in [1.82, 2.24) is 4.72 Å². The Morgan fingerprint density at radius 1 is 1.29 bits per heavy atom. The van der Waals surface area contributed by atoms with Crippen molar-refractivity contribution in [2.24, 2.45) is 11.7 Å². The summed E-state index contributed by atoms with van der Waals surface area (Å²) in [5.74, 6) is 0.123. The second-order valence-corrected chi connectivity index (χ2v) is 7.16. The Kier molecular flexibility index (Phi) is 7.31. The maximum Gasteiger partial charge on any atom is 0.216 e. The quantitative estimate of drug-likeness (QED) is 0.726. The van der Waals surface area contributed by atoms with Crippen LogP contribution in [0.25, 0.3) is 0 Å². The molecular weight excluding hydrogens is 288 g/mol. The van der Waals surface area contributed by atoms with E-state index < -0.39 is 10.0 Å². The number of nitrogens with one attached hydrogen (secondary N) is 1. The molecule has 1 rings (SSSR count). The largest absolute Gasteiger partial charge is 0.380 e. The van der Waals surface area contributed by atoms with Crippen LogP contribution in [-0.2, 0) is 27.1 Å². The molecular formula is C15H26N2O3S. The number of hydrogen-bond donors (Lipinski definition) is 2. The number of nitrogens with two attached hydrogens (primary N) is 1. The van der Waals surface area contributed by atoms with E-state index in [2.05, 4.69) is 4.72 Å².